The summed E-state index contributed by atoms with van der Waals surface area (Å²) in [6, 6.07) is 13.7. The second kappa shape index (κ2) is 8.91. The number of anilines is 1. The zero-order chi connectivity index (χ0) is 20.1. The molecule has 0 saturated carbocycles. The van der Waals surface area contributed by atoms with Crippen LogP contribution in [0.2, 0.25) is 0 Å². The molecule has 1 N–H and O–H groups in total. The summed E-state index contributed by atoms with van der Waals surface area (Å²) in [4.78, 5) is 29.2. The molecule has 28 heavy (non-hydrogen) atoms. The summed E-state index contributed by atoms with van der Waals surface area (Å²) in [5, 5.41) is 2.97. The van der Waals surface area contributed by atoms with Crippen molar-refractivity contribution in [2.24, 2.45) is 0 Å². The number of hydrogen-bond acceptors (Lipinski definition) is 2. The third-order valence-electron chi connectivity index (χ3n) is 5.33. The summed E-state index contributed by atoms with van der Waals surface area (Å²) in [7, 11) is 1.77. The summed E-state index contributed by atoms with van der Waals surface area (Å²) in [5.74, 6) is -0.00527. The molecule has 2 aromatic rings. The first kappa shape index (κ1) is 19.9. The van der Waals surface area contributed by atoms with Gasteiger partial charge in [0.1, 0.15) is 0 Å². The topological polar surface area (TPSA) is 52.7 Å². The van der Waals surface area contributed by atoms with Crippen molar-refractivity contribution in [3.8, 4) is 0 Å². The molecule has 0 spiro atoms. The Morgan fingerprint density at radius 2 is 1.68 bits per heavy atom. The summed E-state index contributed by atoms with van der Waals surface area (Å²) < 4.78 is 0. The van der Waals surface area contributed by atoms with Crippen molar-refractivity contribution in [3.63, 3.8) is 0 Å². The van der Waals surface area contributed by atoms with Crippen LogP contribution in [0.5, 0.6) is 0 Å². The van der Waals surface area contributed by atoms with Crippen LogP contribution in [0.15, 0.2) is 42.5 Å². The van der Waals surface area contributed by atoms with Crippen LogP contribution in [0.3, 0.4) is 0 Å². The second-order valence-electron chi connectivity index (χ2n) is 7.45. The minimum absolute atomic E-state index is 0.00527. The zero-order valence-corrected chi connectivity index (χ0v) is 17.0. The molecule has 1 aliphatic heterocycles. The fourth-order valence-corrected chi connectivity index (χ4v) is 3.53. The Bertz CT molecular complexity index is 839. The van der Waals surface area contributed by atoms with Gasteiger partial charge in [-0.25, -0.2) is 4.79 Å². The molecule has 2 aromatic carbocycles. The number of urea groups is 1. The Labute approximate surface area is 167 Å². The first-order valence-corrected chi connectivity index (χ1v) is 9.98. The predicted molar refractivity (Wildman–Crippen MR) is 113 cm³/mol. The van der Waals surface area contributed by atoms with Crippen LogP contribution >= 0.6 is 0 Å². The Morgan fingerprint density at radius 1 is 1.04 bits per heavy atom. The number of rotatable bonds is 5. The smallest absolute Gasteiger partial charge is 0.321 e. The summed E-state index contributed by atoms with van der Waals surface area (Å²) in [5.41, 5.74) is 4.42. The molecule has 0 atom stereocenters. The van der Waals surface area contributed by atoms with Gasteiger partial charge in [-0.1, -0.05) is 43.3 Å². The van der Waals surface area contributed by atoms with E-state index in [-0.39, 0.29) is 11.9 Å². The number of para-hydroxylation sites is 1. The molecule has 0 aliphatic carbocycles. The van der Waals surface area contributed by atoms with E-state index in [0.29, 0.717) is 17.8 Å². The normalized spacial score (nSPS) is 13.5. The Morgan fingerprint density at radius 3 is 2.32 bits per heavy atom. The Balaban J connectivity index is 1.72. The highest BCUT2D eigenvalue weighted by Gasteiger charge is 2.23. The molecule has 3 rings (SSSR count). The number of likely N-dealkylation sites (tertiary alicyclic amines) is 1. The highest BCUT2D eigenvalue weighted by atomic mass is 16.2. The number of aryl methyl sites for hydroxylation is 2. The Hall–Kier alpha value is -2.82. The van der Waals surface area contributed by atoms with Crippen LogP contribution < -0.4 is 5.32 Å². The molecule has 5 nitrogen and oxygen atoms in total. The van der Waals surface area contributed by atoms with E-state index in [4.69, 9.17) is 0 Å². The quantitative estimate of drug-likeness (QED) is 0.834. The number of amides is 3. The van der Waals surface area contributed by atoms with E-state index in [1.807, 2.05) is 24.0 Å². The van der Waals surface area contributed by atoms with Crippen molar-refractivity contribution < 1.29 is 9.59 Å². The van der Waals surface area contributed by atoms with Crippen molar-refractivity contribution >= 4 is 17.6 Å². The zero-order valence-electron chi connectivity index (χ0n) is 17.0. The van der Waals surface area contributed by atoms with Crippen LogP contribution in [0, 0.1) is 6.92 Å². The van der Waals surface area contributed by atoms with Crippen LogP contribution in [0.25, 0.3) is 0 Å². The molecular formula is C23H29N3O2. The molecule has 0 unspecified atom stereocenters. The van der Waals surface area contributed by atoms with Gasteiger partial charge in [0.25, 0.3) is 5.91 Å². The number of nitrogens with one attached hydrogen (secondary N) is 1. The van der Waals surface area contributed by atoms with Gasteiger partial charge in [-0.2, -0.15) is 0 Å². The number of carbonyl (C=O) groups is 2. The van der Waals surface area contributed by atoms with Gasteiger partial charge < -0.3 is 15.1 Å². The maximum Gasteiger partial charge on any atom is 0.321 e. The molecule has 1 heterocycles. The fourth-order valence-electron chi connectivity index (χ4n) is 3.53. The largest absolute Gasteiger partial charge is 0.339 e. The minimum atomic E-state index is -0.218. The van der Waals surface area contributed by atoms with Gasteiger partial charge in [-0.3, -0.25) is 4.79 Å². The summed E-state index contributed by atoms with van der Waals surface area (Å²) in [6.45, 7) is 6.12. The number of nitrogens with zero attached hydrogens (tertiary/aromatic N) is 2. The van der Waals surface area contributed by atoms with Crippen molar-refractivity contribution in [1.29, 1.82) is 0 Å². The van der Waals surface area contributed by atoms with Gasteiger partial charge in [0, 0.05) is 26.7 Å². The number of carbonyl (C=O) groups excluding carboxylic acids is 2. The van der Waals surface area contributed by atoms with E-state index in [1.165, 1.54) is 5.56 Å². The van der Waals surface area contributed by atoms with Gasteiger partial charge in [-0.05, 0) is 48.9 Å². The number of hydrogen-bond donors (Lipinski definition) is 1. The lowest BCUT2D eigenvalue weighted by molar-refractivity contribution is 0.0793. The van der Waals surface area contributed by atoms with E-state index in [1.54, 1.807) is 18.0 Å². The SMILES string of the molecule is CCc1ccc(CN(C)C(=O)Nc2c(C)cccc2C(=O)N2CCCC2)cc1. The fraction of sp³-hybridized carbons (Fsp3) is 0.391. The van der Waals surface area contributed by atoms with Crippen LogP contribution in [0.4, 0.5) is 10.5 Å². The van der Waals surface area contributed by atoms with E-state index in [9.17, 15) is 9.59 Å². The summed E-state index contributed by atoms with van der Waals surface area (Å²) >= 11 is 0. The predicted octanol–water partition coefficient (Wildman–Crippen LogP) is 4.46. The van der Waals surface area contributed by atoms with Crippen molar-refractivity contribution in [2.75, 3.05) is 25.5 Å². The molecule has 1 fully saturated rings. The van der Waals surface area contributed by atoms with Gasteiger partial charge in [0.05, 0.1) is 11.3 Å². The highest BCUT2D eigenvalue weighted by Crippen LogP contribution is 2.24. The molecular weight excluding hydrogens is 350 g/mol. The molecule has 0 aromatic heterocycles. The maximum absolute atomic E-state index is 12.9. The van der Waals surface area contributed by atoms with Crippen LogP contribution in [-0.2, 0) is 13.0 Å². The average Bonchev–Trinajstić information content (AvgIpc) is 3.24. The lowest BCUT2D eigenvalue weighted by Crippen LogP contribution is -2.33. The molecule has 3 amide bonds. The summed E-state index contributed by atoms with van der Waals surface area (Å²) in [6.07, 6.45) is 3.08. The highest BCUT2D eigenvalue weighted by molar-refractivity contribution is 6.04. The minimum Gasteiger partial charge on any atom is -0.339 e. The standard InChI is InChI=1S/C23H29N3O2/c1-4-18-10-12-19(13-11-18)16-25(3)23(28)24-21-17(2)8-7-9-20(21)22(27)26-14-5-6-15-26/h7-13H,4-6,14-16H2,1-3H3,(H,24,28). The molecule has 0 bridgehead atoms. The average molecular weight is 380 g/mol. The van der Waals surface area contributed by atoms with Crippen LogP contribution in [0.1, 0.15) is 46.8 Å². The van der Waals surface area contributed by atoms with Gasteiger partial charge in [0.2, 0.25) is 0 Å². The van der Waals surface area contributed by atoms with Gasteiger partial charge >= 0.3 is 6.03 Å². The van der Waals surface area contributed by atoms with E-state index < -0.39 is 0 Å². The molecule has 1 aliphatic rings. The van der Waals surface area contributed by atoms with Gasteiger partial charge in [-0.15, -0.1) is 0 Å². The third-order valence-corrected chi connectivity index (χ3v) is 5.33. The monoisotopic (exact) mass is 379 g/mol. The molecule has 1 saturated heterocycles. The second-order valence-corrected chi connectivity index (χ2v) is 7.45. The molecule has 5 heteroatoms. The van der Waals surface area contributed by atoms with Crippen molar-refractivity contribution in [1.82, 2.24) is 9.80 Å². The van der Waals surface area contributed by atoms with Crippen LogP contribution in [-0.4, -0.2) is 41.9 Å². The van der Waals surface area contributed by atoms with Gasteiger partial charge in [0.15, 0.2) is 0 Å². The number of benzene rings is 2. The lowest BCUT2D eigenvalue weighted by Gasteiger charge is -2.22. The van der Waals surface area contributed by atoms with E-state index >= 15 is 0 Å². The van der Waals surface area contributed by atoms with Crippen molar-refractivity contribution in [2.45, 2.75) is 39.7 Å². The molecule has 148 valence electrons. The van der Waals surface area contributed by atoms with Crippen molar-refractivity contribution in [3.05, 3.63) is 64.7 Å². The molecule has 0 radical (unpaired) electrons. The maximum atomic E-state index is 12.9. The first-order valence-electron chi connectivity index (χ1n) is 9.98. The van der Waals surface area contributed by atoms with E-state index in [2.05, 4.69) is 36.5 Å². The third kappa shape index (κ3) is 4.53. The lowest BCUT2D eigenvalue weighted by atomic mass is 10.1. The van der Waals surface area contributed by atoms with E-state index in [0.717, 1.165) is 43.5 Å². The first-order chi connectivity index (χ1) is 13.5. The Kier molecular flexibility index (Phi) is 6.34.